The van der Waals surface area contributed by atoms with Gasteiger partial charge in [0.1, 0.15) is 17.6 Å². The topological polar surface area (TPSA) is 135 Å². The van der Waals surface area contributed by atoms with Crippen LogP contribution in [0.25, 0.3) is 0 Å². The van der Waals surface area contributed by atoms with Gasteiger partial charge in [0.15, 0.2) is 9.84 Å². The van der Waals surface area contributed by atoms with Crippen LogP contribution in [0.4, 0.5) is 0 Å². The van der Waals surface area contributed by atoms with E-state index in [4.69, 9.17) is 9.47 Å². The number of allylic oxidation sites excluding steroid dienone is 5. The molecule has 2 heterocycles. The largest absolute Gasteiger partial charge is 0.481 e. The number of hydrogen-bond donors (Lipinski definition) is 2. The van der Waals surface area contributed by atoms with Crippen molar-refractivity contribution in [3.05, 3.63) is 59.3 Å². The fraction of sp³-hybridized carbons (Fsp3) is 0.740. The van der Waals surface area contributed by atoms with Gasteiger partial charge in [-0.3, -0.25) is 4.79 Å². The highest BCUT2D eigenvalue weighted by atomic mass is 32.2. The van der Waals surface area contributed by atoms with Gasteiger partial charge in [-0.15, -0.1) is 0 Å². The van der Waals surface area contributed by atoms with E-state index >= 15 is 0 Å². The summed E-state index contributed by atoms with van der Waals surface area (Å²) in [6, 6.07) is 3.22. The van der Waals surface area contributed by atoms with Crippen molar-refractivity contribution in [3.63, 3.8) is 0 Å². The van der Waals surface area contributed by atoms with E-state index in [1.165, 1.54) is 81.4 Å². The number of nitrogens with zero attached hydrogens (tertiary/aromatic N) is 2. The van der Waals surface area contributed by atoms with Gasteiger partial charge in [-0.25, -0.2) is 18.2 Å². The molecule has 1 aromatic rings. The van der Waals surface area contributed by atoms with E-state index in [1.807, 2.05) is 0 Å². The number of carbonyl (C=O) groups excluding carboxylic acids is 1. The van der Waals surface area contributed by atoms with Crippen LogP contribution in [-0.4, -0.2) is 92.3 Å². The third kappa shape index (κ3) is 7.26. The smallest absolute Gasteiger partial charge is 0.343 e. The highest BCUT2D eigenvalue weighted by Gasteiger charge is 2.70. The quantitative estimate of drug-likeness (QED) is 0.164. The Bertz CT molecular complexity index is 2080. The molecule has 1 aliphatic heterocycles. The van der Waals surface area contributed by atoms with E-state index in [2.05, 4.69) is 75.5 Å². The minimum absolute atomic E-state index is 0.0539. The molecule has 5 fully saturated rings. The van der Waals surface area contributed by atoms with Crippen molar-refractivity contribution in [2.45, 2.75) is 124 Å². The second kappa shape index (κ2) is 15.9. The summed E-state index contributed by atoms with van der Waals surface area (Å²) in [5, 5.41) is 14.8. The van der Waals surface area contributed by atoms with Gasteiger partial charge in [0.05, 0.1) is 18.6 Å². The zero-order valence-corrected chi connectivity index (χ0v) is 38.9. The van der Waals surface area contributed by atoms with Crippen LogP contribution in [0, 0.1) is 56.7 Å². The lowest BCUT2D eigenvalue weighted by Crippen LogP contribution is -2.68. The van der Waals surface area contributed by atoms with Crippen LogP contribution in [0.15, 0.2) is 53.8 Å². The predicted molar refractivity (Wildman–Crippen MR) is 239 cm³/mol. The lowest BCUT2D eigenvalue weighted by Gasteiger charge is -2.72. The number of sulfone groups is 1. The average molecular weight is 860 g/mol. The maximum absolute atomic E-state index is 12.9. The molecule has 0 amide bonds. The van der Waals surface area contributed by atoms with Crippen molar-refractivity contribution in [1.29, 1.82) is 0 Å². The zero-order chi connectivity index (χ0) is 43.8. The van der Waals surface area contributed by atoms with Crippen LogP contribution in [0.3, 0.4) is 0 Å². The van der Waals surface area contributed by atoms with Gasteiger partial charge in [-0.05, 0) is 159 Å². The standard InChI is InChI=1S/C50H73N3O7S/c1-33(2)35-15-22-50(52-26-27-53-28-30-61(57,58)31-29-53)24-23-47(6)38(41(35)50)11-12-40-46(5)18-16-37(45(3,4)39(46)17-19-48(40,47)7)34-13-20-49(21-14-34,44(55)56)32-60-42-36(43(54)59-8)10-9-25-51-42/h9-10,13,16,25,35,38-41,52H,1,11-12,14-15,17-24,26-32H2,2-8H3,(H,55,56)/t35-,38+,39-,40+,41+,46-,47+,48+,49+,50-/m0/s1. The second-order valence-corrected chi connectivity index (χ2v) is 24.3. The minimum atomic E-state index is -2.89. The molecule has 10 nitrogen and oxygen atoms in total. The summed E-state index contributed by atoms with van der Waals surface area (Å²) in [5.41, 5.74) is 3.80. The van der Waals surface area contributed by atoms with E-state index < -0.39 is 27.2 Å². The molecule has 8 rings (SSSR count). The molecule has 0 bridgehead atoms. The first-order valence-corrected chi connectivity index (χ1v) is 25.2. The molecule has 336 valence electrons. The first-order chi connectivity index (χ1) is 28.8. The van der Waals surface area contributed by atoms with Crippen LogP contribution < -0.4 is 10.1 Å². The molecule has 0 unspecified atom stereocenters. The molecular formula is C50H73N3O7S. The molecule has 4 saturated carbocycles. The fourth-order valence-electron chi connectivity index (χ4n) is 15.5. The zero-order valence-electron chi connectivity index (χ0n) is 38.1. The van der Waals surface area contributed by atoms with Gasteiger partial charge < -0.3 is 24.8 Å². The summed E-state index contributed by atoms with van der Waals surface area (Å²) in [5.74, 6) is 2.10. The van der Waals surface area contributed by atoms with E-state index in [1.54, 1.807) is 12.1 Å². The molecule has 2 N–H and O–H groups in total. The van der Waals surface area contributed by atoms with E-state index in [0.717, 1.165) is 19.5 Å². The van der Waals surface area contributed by atoms with Crippen LogP contribution in [0.5, 0.6) is 5.88 Å². The van der Waals surface area contributed by atoms with Crippen LogP contribution in [0.1, 0.15) is 129 Å². The number of carbonyl (C=O) groups is 2. The van der Waals surface area contributed by atoms with E-state index in [9.17, 15) is 23.1 Å². The van der Waals surface area contributed by atoms with Crippen LogP contribution >= 0.6 is 0 Å². The number of aromatic nitrogens is 1. The van der Waals surface area contributed by atoms with Crippen LogP contribution in [0.2, 0.25) is 0 Å². The van der Waals surface area contributed by atoms with Crippen molar-refractivity contribution in [2.75, 3.05) is 51.4 Å². The summed E-state index contributed by atoms with van der Waals surface area (Å²) in [7, 11) is -1.58. The number of esters is 1. The number of aliphatic carboxylic acids is 1. The average Bonchev–Trinajstić information content (AvgIpc) is 3.61. The number of nitrogens with one attached hydrogen (secondary N) is 1. The van der Waals surface area contributed by atoms with Crippen molar-refractivity contribution in [2.24, 2.45) is 56.7 Å². The van der Waals surface area contributed by atoms with Gasteiger partial charge in [-0.2, -0.15) is 0 Å². The Balaban J connectivity index is 1.00. The summed E-state index contributed by atoms with van der Waals surface area (Å²) in [4.78, 5) is 31.8. The Hall–Kier alpha value is -3.02. The molecule has 0 spiro atoms. The first kappa shape index (κ1) is 44.6. The molecule has 61 heavy (non-hydrogen) atoms. The van der Waals surface area contributed by atoms with Crippen molar-refractivity contribution in [1.82, 2.24) is 15.2 Å². The number of carboxylic acid groups (broad SMARTS) is 1. The Morgan fingerprint density at radius 2 is 1.70 bits per heavy atom. The second-order valence-electron chi connectivity index (χ2n) is 22.0. The SMILES string of the molecule is C=C(C)[C@@H]1CC[C@]2(NCCN3CCS(=O)(=O)CC3)CC[C@]3(C)[C@H](CC[C@@H]4[C@@]5(C)CC=C(C6=CC[C@@](COc7ncccc7C(=O)OC)(C(=O)O)CC6)C(C)(C)[C@@H]5CC[C@]43C)[C@@H]12. The fourth-order valence-corrected chi connectivity index (χ4v) is 16.8. The van der Waals surface area contributed by atoms with Gasteiger partial charge in [0.25, 0.3) is 0 Å². The Morgan fingerprint density at radius 3 is 2.38 bits per heavy atom. The Kier molecular flexibility index (Phi) is 11.6. The Morgan fingerprint density at radius 1 is 0.951 bits per heavy atom. The number of pyridine rings is 1. The lowest BCUT2D eigenvalue weighted by molar-refractivity contribution is -0.221. The number of rotatable bonds is 11. The summed E-state index contributed by atoms with van der Waals surface area (Å²) in [6.45, 7) is 22.9. The highest BCUT2D eigenvalue weighted by molar-refractivity contribution is 7.91. The number of fused-ring (bicyclic) bond motifs is 7. The molecule has 1 saturated heterocycles. The van der Waals surface area contributed by atoms with E-state index in [0.29, 0.717) is 61.9 Å². The summed E-state index contributed by atoms with van der Waals surface area (Å²) < 4.78 is 35.1. The molecule has 11 heteroatoms. The van der Waals surface area contributed by atoms with Gasteiger partial charge in [-0.1, -0.05) is 58.9 Å². The monoisotopic (exact) mass is 860 g/mol. The predicted octanol–water partition coefficient (Wildman–Crippen LogP) is 8.69. The highest BCUT2D eigenvalue weighted by Crippen LogP contribution is 2.76. The number of carboxylic acids is 1. The third-order valence-electron chi connectivity index (χ3n) is 19.1. The van der Waals surface area contributed by atoms with Crippen LogP contribution in [-0.2, 0) is 19.4 Å². The lowest BCUT2D eigenvalue weighted by atomic mass is 9.33. The van der Waals surface area contributed by atoms with E-state index in [-0.39, 0.29) is 56.8 Å². The molecule has 7 aliphatic rings. The molecule has 1 aromatic heterocycles. The summed E-state index contributed by atoms with van der Waals surface area (Å²) >= 11 is 0. The van der Waals surface area contributed by atoms with Gasteiger partial charge >= 0.3 is 11.9 Å². The molecule has 10 atom stereocenters. The summed E-state index contributed by atoms with van der Waals surface area (Å²) in [6.07, 6.45) is 18.6. The number of methoxy groups -OCH3 is 1. The molecule has 6 aliphatic carbocycles. The molecular weight excluding hydrogens is 787 g/mol. The normalized spacial score (nSPS) is 40.2. The number of ether oxygens (including phenoxy) is 2. The van der Waals surface area contributed by atoms with Gasteiger partial charge in [0.2, 0.25) is 5.88 Å². The third-order valence-corrected chi connectivity index (χ3v) is 20.7. The maximum atomic E-state index is 12.9. The number of hydrogen-bond acceptors (Lipinski definition) is 9. The maximum Gasteiger partial charge on any atom is 0.343 e. The molecule has 0 radical (unpaired) electrons. The minimum Gasteiger partial charge on any atom is -0.481 e. The molecule has 0 aromatic carbocycles. The van der Waals surface area contributed by atoms with Crippen molar-refractivity contribution >= 4 is 21.8 Å². The van der Waals surface area contributed by atoms with Gasteiger partial charge in [0, 0.05) is 37.9 Å². The first-order valence-electron chi connectivity index (χ1n) is 23.4. The van der Waals surface area contributed by atoms with Crippen molar-refractivity contribution < 1.29 is 32.6 Å². The van der Waals surface area contributed by atoms with Crippen molar-refractivity contribution in [3.8, 4) is 5.88 Å². The Labute approximate surface area is 365 Å².